The van der Waals surface area contributed by atoms with Gasteiger partial charge in [0.1, 0.15) is 0 Å². The molecule has 4 atom stereocenters. The van der Waals surface area contributed by atoms with Crippen LogP contribution in [0.1, 0.15) is 51.5 Å². The Labute approximate surface area is 164 Å². The topological polar surface area (TPSA) is 44.4 Å². The fourth-order valence-electron chi connectivity index (χ4n) is 5.78. The number of benzene rings is 1. The summed E-state index contributed by atoms with van der Waals surface area (Å²) in [7, 11) is 0. The van der Waals surface area contributed by atoms with Gasteiger partial charge in [-0.15, -0.1) is 0 Å². The maximum atomic E-state index is 12.7. The molecule has 0 radical (unpaired) electrons. The van der Waals surface area contributed by atoms with Crippen molar-refractivity contribution in [3.05, 3.63) is 35.9 Å². The van der Waals surface area contributed by atoms with E-state index in [-0.39, 0.29) is 5.91 Å². The van der Waals surface area contributed by atoms with Crippen LogP contribution >= 0.6 is 0 Å². The molecular weight excluding hydrogens is 334 g/mol. The normalized spacial score (nSPS) is 36.5. The molecule has 3 fully saturated rings. The van der Waals surface area contributed by atoms with Crippen LogP contribution < -0.4 is 10.6 Å². The molecule has 1 amide bonds. The van der Waals surface area contributed by atoms with Crippen LogP contribution in [-0.4, -0.2) is 42.0 Å². The largest absolute Gasteiger partial charge is 0.353 e. The van der Waals surface area contributed by atoms with Gasteiger partial charge in [0.25, 0.3) is 0 Å². The van der Waals surface area contributed by atoms with E-state index in [1.807, 2.05) is 0 Å². The second kappa shape index (κ2) is 8.32. The van der Waals surface area contributed by atoms with Gasteiger partial charge in [0, 0.05) is 44.2 Å². The van der Waals surface area contributed by atoms with E-state index < -0.39 is 0 Å². The van der Waals surface area contributed by atoms with Crippen LogP contribution in [0.25, 0.3) is 0 Å². The molecule has 0 spiro atoms. The molecular formula is C23H35N3O. The fourth-order valence-corrected chi connectivity index (χ4v) is 5.78. The minimum Gasteiger partial charge on any atom is -0.353 e. The van der Waals surface area contributed by atoms with Crippen molar-refractivity contribution in [1.29, 1.82) is 0 Å². The smallest absolute Gasteiger partial charge is 0.220 e. The molecule has 4 heteroatoms. The van der Waals surface area contributed by atoms with Crippen molar-refractivity contribution in [1.82, 2.24) is 15.5 Å². The van der Waals surface area contributed by atoms with Gasteiger partial charge < -0.3 is 10.6 Å². The van der Waals surface area contributed by atoms with Gasteiger partial charge >= 0.3 is 0 Å². The van der Waals surface area contributed by atoms with E-state index in [1.54, 1.807) is 0 Å². The van der Waals surface area contributed by atoms with Crippen LogP contribution in [0.5, 0.6) is 0 Å². The summed E-state index contributed by atoms with van der Waals surface area (Å²) in [5, 5.41) is 7.09. The first-order valence-corrected chi connectivity index (χ1v) is 10.9. The number of likely N-dealkylation sites (tertiary alicyclic amines) is 1. The molecule has 3 heterocycles. The van der Waals surface area contributed by atoms with E-state index in [4.69, 9.17) is 0 Å². The summed E-state index contributed by atoms with van der Waals surface area (Å²) < 4.78 is 0. The first-order valence-electron chi connectivity index (χ1n) is 10.9. The Hall–Kier alpha value is -1.39. The van der Waals surface area contributed by atoms with Crippen LogP contribution in [-0.2, 0) is 11.3 Å². The first kappa shape index (κ1) is 18.9. The van der Waals surface area contributed by atoms with Crippen LogP contribution in [0.2, 0.25) is 0 Å². The van der Waals surface area contributed by atoms with Crippen LogP contribution in [0.15, 0.2) is 30.3 Å². The lowest BCUT2D eigenvalue weighted by Crippen LogP contribution is -2.54. The Morgan fingerprint density at radius 3 is 2.33 bits per heavy atom. The summed E-state index contributed by atoms with van der Waals surface area (Å²) >= 11 is 0. The summed E-state index contributed by atoms with van der Waals surface area (Å²) in [6.45, 7) is 7.71. The molecule has 2 N–H and O–H groups in total. The number of carbonyl (C=O) groups is 1. The molecule has 3 aliphatic rings. The Kier molecular flexibility index (Phi) is 5.84. The second-order valence-electron chi connectivity index (χ2n) is 9.41. The van der Waals surface area contributed by atoms with E-state index in [2.05, 4.69) is 59.7 Å². The van der Waals surface area contributed by atoms with Crippen LogP contribution in [0.3, 0.4) is 0 Å². The number of hydrogen-bond donors (Lipinski definition) is 2. The van der Waals surface area contributed by atoms with E-state index in [9.17, 15) is 4.79 Å². The Bertz CT molecular complexity index is 610. The summed E-state index contributed by atoms with van der Waals surface area (Å²) in [6.07, 6.45) is 5.70. The predicted molar refractivity (Wildman–Crippen MR) is 109 cm³/mol. The predicted octanol–water partition coefficient (Wildman–Crippen LogP) is 3.18. The molecule has 0 saturated carbocycles. The zero-order valence-electron chi connectivity index (χ0n) is 16.9. The first-order chi connectivity index (χ1) is 13.1. The number of nitrogens with zero attached hydrogens (tertiary/aromatic N) is 1. The standard InChI is InChI=1S/C23H35N3O/c1-16-13-26(15-18-6-4-3-5-7-18)14-17(2)23(16)25-22(27)12-19-10-20-8-9-21(11-19)24-20/h3-7,16-17,19-21,23-24H,8-15H2,1-2H3,(H,25,27). The van der Waals surface area contributed by atoms with E-state index in [1.165, 1.54) is 31.2 Å². The van der Waals surface area contributed by atoms with Gasteiger partial charge in [-0.2, -0.15) is 0 Å². The van der Waals surface area contributed by atoms with Crippen molar-refractivity contribution in [2.45, 2.75) is 70.6 Å². The number of carbonyl (C=O) groups excluding carboxylic acids is 1. The molecule has 27 heavy (non-hydrogen) atoms. The number of rotatable bonds is 5. The number of piperidine rings is 2. The zero-order chi connectivity index (χ0) is 18.8. The molecule has 1 aromatic carbocycles. The third-order valence-electron chi connectivity index (χ3n) is 6.94. The molecule has 148 valence electrons. The third-order valence-corrected chi connectivity index (χ3v) is 6.94. The Morgan fingerprint density at radius 1 is 1.07 bits per heavy atom. The zero-order valence-corrected chi connectivity index (χ0v) is 16.9. The molecule has 2 bridgehead atoms. The molecule has 3 aliphatic heterocycles. The lowest BCUT2D eigenvalue weighted by Gasteiger charge is -2.42. The molecule has 4 unspecified atom stereocenters. The Balaban J connectivity index is 1.27. The van der Waals surface area contributed by atoms with Crippen molar-refractivity contribution < 1.29 is 4.79 Å². The molecule has 1 aromatic rings. The van der Waals surface area contributed by atoms with Gasteiger partial charge in [-0.25, -0.2) is 0 Å². The lowest BCUT2D eigenvalue weighted by molar-refractivity contribution is -0.124. The van der Waals surface area contributed by atoms with Crippen molar-refractivity contribution in [3.63, 3.8) is 0 Å². The number of hydrogen-bond acceptors (Lipinski definition) is 3. The SMILES string of the molecule is CC1CN(Cc2ccccc2)CC(C)C1NC(=O)CC1CC2CCC(C1)N2. The summed E-state index contributed by atoms with van der Waals surface area (Å²) in [4.78, 5) is 15.3. The van der Waals surface area contributed by atoms with Crippen LogP contribution in [0.4, 0.5) is 0 Å². The van der Waals surface area contributed by atoms with Crippen LogP contribution in [0, 0.1) is 17.8 Å². The number of fused-ring (bicyclic) bond motifs is 2. The minimum absolute atomic E-state index is 0.279. The molecule has 0 aromatic heterocycles. The average molecular weight is 370 g/mol. The molecule has 3 saturated heterocycles. The van der Waals surface area contributed by atoms with Crippen molar-refractivity contribution >= 4 is 5.91 Å². The number of nitrogens with one attached hydrogen (secondary N) is 2. The second-order valence-corrected chi connectivity index (χ2v) is 9.41. The van der Waals surface area contributed by atoms with Crippen molar-refractivity contribution in [3.8, 4) is 0 Å². The maximum absolute atomic E-state index is 12.7. The van der Waals surface area contributed by atoms with E-state index in [0.29, 0.717) is 35.9 Å². The van der Waals surface area contributed by atoms with Gasteiger partial charge in [-0.1, -0.05) is 44.2 Å². The van der Waals surface area contributed by atoms with Crippen molar-refractivity contribution in [2.24, 2.45) is 17.8 Å². The molecule has 0 aliphatic carbocycles. The fraction of sp³-hybridized carbons (Fsp3) is 0.696. The van der Waals surface area contributed by atoms with Gasteiger partial charge in [0.2, 0.25) is 5.91 Å². The maximum Gasteiger partial charge on any atom is 0.220 e. The Morgan fingerprint density at radius 2 is 1.70 bits per heavy atom. The summed E-state index contributed by atoms with van der Waals surface area (Å²) in [5.41, 5.74) is 1.37. The summed E-state index contributed by atoms with van der Waals surface area (Å²) in [5.74, 6) is 1.84. The van der Waals surface area contributed by atoms with E-state index in [0.717, 1.165) is 26.1 Å². The van der Waals surface area contributed by atoms with Gasteiger partial charge in [-0.05, 0) is 49.0 Å². The quantitative estimate of drug-likeness (QED) is 0.838. The monoisotopic (exact) mass is 369 g/mol. The van der Waals surface area contributed by atoms with E-state index >= 15 is 0 Å². The summed E-state index contributed by atoms with van der Waals surface area (Å²) in [6, 6.07) is 12.4. The van der Waals surface area contributed by atoms with Crippen molar-refractivity contribution in [2.75, 3.05) is 13.1 Å². The minimum atomic E-state index is 0.279. The highest BCUT2D eigenvalue weighted by atomic mass is 16.1. The number of amides is 1. The van der Waals surface area contributed by atoms with Gasteiger partial charge in [-0.3, -0.25) is 9.69 Å². The third kappa shape index (κ3) is 4.72. The lowest BCUT2D eigenvalue weighted by atomic mass is 9.84. The highest BCUT2D eigenvalue weighted by Gasteiger charge is 2.36. The molecule has 4 nitrogen and oxygen atoms in total. The molecule has 4 rings (SSSR count). The van der Waals surface area contributed by atoms with Gasteiger partial charge in [0.05, 0.1) is 0 Å². The van der Waals surface area contributed by atoms with Gasteiger partial charge in [0.15, 0.2) is 0 Å². The highest BCUT2D eigenvalue weighted by Crippen LogP contribution is 2.33. The average Bonchev–Trinajstić information content (AvgIpc) is 2.97. The highest BCUT2D eigenvalue weighted by molar-refractivity contribution is 5.76.